The molecule has 0 bridgehead atoms. The molecular weight excluding hydrogens is 444 g/mol. The Labute approximate surface area is 201 Å². The Morgan fingerprint density at radius 3 is 1.85 bits per heavy atom. The number of aliphatic carboxylic acids is 1. The van der Waals surface area contributed by atoms with Gasteiger partial charge in [-0.3, -0.25) is 19.2 Å². The smallest absolute Gasteiger partial charge is 0.326 e. The zero-order valence-electron chi connectivity index (χ0n) is 20.6. The lowest BCUT2D eigenvalue weighted by Crippen LogP contribution is -2.58. The van der Waals surface area contributed by atoms with E-state index in [1.165, 1.54) is 0 Å². The summed E-state index contributed by atoms with van der Waals surface area (Å²) in [6.07, 6.45) is 1.66. The first-order valence-electron chi connectivity index (χ1n) is 11.7. The van der Waals surface area contributed by atoms with Crippen LogP contribution in [-0.4, -0.2) is 65.4 Å². The van der Waals surface area contributed by atoms with Crippen LogP contribution in [0.3, 0.4) is 0 Å². The Hall–Kier alpha value is -2.73. The molecule has 4 amide bonds. The van der Waals surface area contributed by atoms with Crippen molar-refractivity contribution < 1.29 is 29.1 Å². The van der Waals surface area contributed by atoms with Gasteiger partial charge in [0.15, 0.2) is 0 Å². The van der Waals surface area contributed by atoms with Crippen molar-refractivity contribution in [3.63, 3.8) is 0 Å². The van der Waals surface area contributed by atoms with Gasteiger partial charge in [0.2, 0.25) is 23.6 Å². The molecule has 0 aromatic heterocycles. The number of carboxylic acid groups (broad SMARTS) is 1. The zero-order chi connectivity index (χ0) is 26.4. The minimum absolute atomic E-state index is 0.0485. The predicted molar refractivity (Wildman–Crippen MR) is 127 cm³/mol. The summed E-state index contributed by atoms with van der Waals surface area (Å²) >= 11 is 0. The number of unbranched alkanes of at least 4 members (excludes halogenated alkanes) is 1. The second-order valence-electron chi connectivity index (χ2n) is 9.02. The van der Waals surface area contributed by atoms with Gasteiger partial charge in [0.1, 0.15) is 18.1 Å². The van der Waals surface area contributed by atoms with Crippen molar-refractivity contribution in [1.29, 1.82) is 0 Å². The van der Waals surface area contributed by atoms with Gasteiger partial charge >= 0.3 is 5.97 Å². The maximum absolute atomic E-state index is 13.1. The third kappa shape index (κ3) is 11.9. The SMILES string of the molecule is CCC(C)C(N)C(=O)NC(CC(C)C)C(=O)NC(CCCCN)C(=O)NC(CC(N)=O)C(=O)O. The molecule has 0 saturated carbocycles. The Morgan fingerprint density at radius 2 is 1.38 bits per heavy atom. The first-order chi connectivity index (χ1) is 15.8. The number of carboxylic acids is 1. The molecule has 0 aliphatic heterocycles. The average Bonchev–Trinajstić information content (AvgIpc) is 2.75. The van der Waals surface area contributed by atoms with Gasteiger partial charge in [0, 0.05) is 0 Å². The molecule has 10 N–H and O–H groups in total. The van der Waals surface area contributed by atoms with E-state index in [4.69, 9.17) is 17.2 Å². The average molecular weight is 487 g/mol. The molecule has 0 heterocycles. The molecule has 0 aliphatic rings. The number of hydrogen-bond donors (Lipinski definition) is 7. The van der Waals surface area contributed by atoms with Crippen molar-refractivity contribution in [2.75, 3.05) is 6.54 Å². The monoisotopic (exact) mass is 486 g/mol. The topological polar surface area (TPSA) is 220 Å². The number of rotatable bonds is 17. The number of primary amides is 1. The van der Waals surface area contributed by atoms with Gasteiger partial charge in [-0.15, -0.1) is 0 Å². The van der Waals surface area contributed by atoms with Crippen LogP contribution in [0, 0.1) is 11.8 Å². The van der Waals surface area contributed by atoms with Crippen LogP contribution >= 0.6 is 0 Å². The largest absolute Gasteiger partial charge is 0.480 e. The lowest BCUT2D eigenvalue weighted by molar-refractivity contribution is -0.143. The summed E-state index contributed by atoms with van der Waals surface area (Å²) in [6.45, 7) is 7.89. The summed E-state index contributed by atoms with van der Waals surface area (Å²) in [5.41, 5.74) is 16.6. The second kappa shape index (κ2) is 16.0. The quantitative estimate of drug-likeness (QED) is 0.125. The van der Waals surface area contributed by atoms with Gasteiger partial charge in [-0.05, 0) is 44.1 Å². The van der Waals surface area contributed by atoms with Crippen LogP contribution in [0.15, 0.2) is 0 Å². The summed E-state index contributed by atoms with van der Waals surface area (Å²) in [5.74, 6) is -4.19. The van der Waals surface area contributed by atoms with Gasteiger partial charge in [-0.25, -0.2) is 4.79 Å². The third-order valence-corrected chi connectivity index (χ3v) is 5.50. The van der Waals surface area contributed by atoms with Gasteiger partial charge in [0.05, 0.1) is 12.5 Å². The van der Waals surface area contributed by atoms with Crippen molar-refractivity contribution in [2.24, 2.45) is 29.0 Å². The first-order valence-corrected chi connectivity index (χ1v) is 11.7. The van der Waals surface area contributed by atoms with E-state index in [1.54, 1.807) is 0 Å². The molecule has 5 unspecified atom stereocenters. The fourth-order valence-electron chi connectivity index (χ4n) is 3.19. The molecule has 0 aromatic rings. The summed E-state index contributed by atoms with van der Waals surface area (Å²) in [7, 11) is 0. The van der Waals surface area contributed by atoms with E-state index in [9.17, 15) is 29.1 Å². The molecular formula is C22H42N6O6. The van der Waals surface area contributed by atoms with Gasteiger partial charge in [-0.2, -0.15) is 0 Å². The molecule has 196 valence electrons. The molecule has 0 saturated heterocycles. The van der Waals surface area contributed by atoms with E-state index < -0.39 is 60.2 Å². The number of hydrogen-bond acceptors (Lipinski definition) is 7. The zero-order valence-corrected chi connectivity index (χ0v) is 20.6. The van der Waals surface area contributed by atoms with Crippen LogP contribution in [0.2, 0.25) is 0 Å². The molecule has 0 fully saturated rings. The van der Waals surface area contributed by atoms with Gasteiger partial charge in [-0.1, -0.05) is 34.1 Å². The summed E-state index contributed by atoms with van der Waals surface area (Å²) in [4.78, 5) is 61.0. The van der Waals surface area contributed by atoms with Crippen molar-refractivity contribution in [3.8, 4) is 0 Å². The Kier molecular flexibility index (Phi) is 14.7. The molecule has 0 aliphatic carbocycles. The van der Waals surface area contributed by atoms with E-state index >= 15 is 0 Å². The molecule has 0 radical (unpaired) electrons. The van der Waals surface area contributed by atoms with E-state index in [0.29, 0.717) is 32.2 Å². The molecule has 0 spiro atoms. The van der Waals surface area contributed by atoms with Crippen LogP contribution in [0.1, 0.15) is 66.2 Å². The Morgan fingerprint density at radius 1 is 0.853 bits per heavy atom. The van der Waals surface area contributed by atoms with Crippen LogP contribution < -0.4 is 33.2 Å². The van der Waals surface area contributed by atoms with E-state index in [2.05, 4.69) is 16.0 Å². The van der Waals surface area contributed by atoms with E-state index in [1.807, 2.05) is 27.7 Å². The number of nitrogens with one attached hydrogen (secondary N) is 3. The fourth-order valence-corrected chi connectivity index (χ4v) is 3.19. The van der Waals surface area contributed by atoms with Crippen molar-refractivity contribution in [1.82, 2.24) is 16.0 Å². The molecule has 34 heavy (non-hydrogen) atoms. The maximum Gasteiger partial charge on any atom is 0.326 e. The summed E-state index contributed by atoms with van der Waals surface area (Å²) < 4.78 is 0. The summed E-state index contributed by atoms with van der Waals surface area (Å²) in [5, 5.41) is 16.8. The molecule has 0 rings (SSSR count). The highest BCUT2D eigenvalue weighted by Crippen LogP contribution is 2.10. The van der Waals surface area contributed by atoms with Crippen LogP contribution in [0.5, 0.6) is 0 Å². The molecule has 0 aromatic carbocycles. The van der Waals surface area contributed by atoms with Crippen molar-refractivity contribution in [3.05, 3.63) is 0 Å². The number of nitrogens with two attached hydrogens (primary N) is 3. The highest BCUT2D eigenvalue weighted by atomic mass is 16.4. The van der Waals surface area contributed by atoms with Gasteiger partial charge < -0.3 is 38.3 Å². The Balaban J connectivity index is 5.57. The van der Waals surface area contributed by atoms with Crippen molar-refractivity contribution >= 4 is 29.6 Å². The highest BCUT2D eigenvalue weighted by Gasteiger charge is 2.31. The second-order valence-corrected chi connectivity index (χ2v) is 9.02. The van der Waals surface area contributed by atoms with Crippen LogP contribution in [0.4, 0.5) is 0 Å². The highest BCUT2D eigenvalue weighted by molar-refractivity contribution is 5.94. The van der Waals surface area contributed by atoms with Crippen molar-refractivity contribution in [2.45, 2.75) is 90.4 Å². The van der Waals surface area contributed by atoms with E-state index in [-0.39, 0.29) is 18.3 Å². The number of amides is 4. The van der Waals surface area contributed by atoms with E-state index in [0.717, 1.165) is 0 Å². The Bertz CT molecular complexity index is 701. The number of carbonyl (C=O) groups is 5. The minimum atomic E-state index is -1.53. The lowest BCUT2D eigenvalue weighted by atomic mass is 9.97. The molecule has 12 heteroatoms. The fraction of sp³-hybridized carbons (Fsp3) is 0.773. The van der Waals surface area contributed by atoms with Gasteiger partial charge in [0.25, 0.3) is 0 Å². The number of carbonyl (C=O) groups excluding carboxylic acids is 4. The predicted octanol–water partition coefficient (Wildman–Crippen LogP) is -1.05. The van der Waals surface area contributed by atoms with Crippen LogP contribution in [-0.2, 0) is 24.0 Å². The third-order valence-electron chi connectivity index (χ3n) is 5.50. The summed E-state index contributed by atoms with van der Waals surface area (Å²) in [6, 6.07) is -4.35. The molecule has 12 nitrogen and oxygen atoms in total. The lowest BCUT2D eigenvalue weighted by Gasteiger charge is -2.27. The first kappa shape index (κ1) is 31.3. The minimum Gasteiger partial charge on any atom is -0.480 e. The normalized spacial score (nSPS) is 15.5. The standard InChI is InChI=1S/C22H42N6O6/c1-5-13(4)18(25)21(32)27-15(10-12(2)3)20(31)26-14(8-6-7-9-23)19(30)28-16(22(33)34)11-17(24)29/h12-16,18H,5-11,23,25H2,1-4H3,(H2,24,29)(H,26,31)(H,27,32)(H,28,30)(H,33,34). The molecule has 5 atom stereocenters. The van der Waals surface area contributed by atoms with Crippen LogP contribution in [0.25, 0.3) is 0 Å². The maximum atomic E-state index is 13.1.